The molecule has 1 unspecified atom stereocenters. The minimum absolute atomic E-state index is 0.00914. The van der Waals surface area contributed by atoms with E-state index in [-0.39, 0.29) is 5.54 Å². The van der Waals surface area contributed by atoms with Gasteiger partial charge in [-0.2, -0.15) is 0 Å². The van der Waals surface area contributed by atoms with Crippen LogP contribution in [0.5, 0.6) is 5.75 Å². The predicted molar refractivity (Wildman–Crippen MR) is 82.2 cm³/mol. The van der Waals surface area contributed by atoms with Gasteiger partial charge in [0.1, 0.15) is 5.75 Å². The predicted octanol–water partition coefficient (Wildman–Crippen LogP) is 2.73. The number of piperidine rings is 1. The summed E-state index contributed by atoms with van der Waals surface area (Å²) in [7, 11) is 0. The number of hydrogen-bond donors (Lipinski definition) is 1. The van der Waals surface area contributed by atoms with Gasteiger partial charge in [0.05, 0.1) is 12.1 Å². The van der Waals surface area contributed by atoms with Crippen LogP contribution in [0.25, 0.3) is 0 Å². The van der Waals surface area contributed by atoms with E-state index in [0.29, 0.717) is 6.54 Å². The van der Waals surface area contributed by atoms with Gasteiger partial charge < -0.3 is 10.5 Å². The van der Waals surface area contributed by atoms with E-state index in [1.54, 1.807) is 0 Å². The summed E-state index contributed by atoms with van der Waals surface area (Å²) in [5, 5.41) is 0. The smallest absolute Gasteiger partial charge is 0.127 e. The Hall–Kier alpha value is -1.06. The number of nitrogens with two attached hydrogens (primary N) is 1. The van der Waals surface area contributed by atoms with E-state index in [0.717, 1.165) is 18.8 Å². The van der Waals surface area contributed by atoms with Gasteiger partial charge in [-0.25, -0.2) is 0 Å². The van der Waals surface area contributed by atoms with Crippen molar-refractivity contribution in [2.45, 2.75) is 45.1 Å². The first-order valence-corrected chi connectivity index (χ1v) is 7.87. The molecule has 2 heterocycles. The topological polar surface area (TPSA) is 38.5 Å². The number of ether oxygens (including phenoxy) is 1. The van der Waals surface area contributed by atoms with Crippen LogP contribution in [0.1, 0.15) is 42.4 Å². The highest BCUT2D eigenvalue weighted by Crippen LogP contribution is 2.43. The van der Waals surface area contributed by atoms with Gasteiger partial charge in [-0.3, -0.25) is 4.90 Å². The van der Waals surface area contributed by atoms with Crippen molar-refractivity contribution in [2.24, 2.45) is 5.73 Å². The molecular formula is C17H26N2O. The summed E-state index contributed by atoms with van der Waals surface area (Å²) in [6, 6.07) is 4.50. The Balaban J connectivity index is 2.09. The number of rotatable bonds is 2. The van der Waals surface area contributed by atoms with Gasteiger partial charge in [-0.1, -0.05) is 24.1 Å². The molecule has 0 bridgehead atoms. The summed E-state index contributed by atoms with van der Waals surface area (Å²) in [4.78, 5) is 2.62. The molecule has 110 valence electrons. The maximum atomic E-state index is 6.29. The Bertz CT molecular complexity index is 494. The van der Waals surface area contributed by atoms with Crippen molar-refractivity contribution in [3.8, 4) is 5.75 Å². The quantitative estimate of drug-likeness (QED) is 0.901. The molecule has 0 amide bonds. The van der Waals surface area contributed by atoms with E-state index in [1.807, 2.05) is 0 Å². The van der Waals surface area contributed by atoms with Crippen molar-refractivity contribution in [1.82, 2.24) is 4.90 Å². The fourth-order valence-corrected chi connectivity index (χ4v) is 3.94. The molecule has 1 aromatic rings. The van der Waals surface area contributed by atoms with Crippen molar-refractivity contribution < 1.29 is 4.74 Å². The van der Waals surface area contributed by atoms with Crippen LogP contribution in [0.2, 0.25) is 0 Å². The number of fused-ring (bicyclic) bond motifs is 1. The van der Waals surface area contributed by atoms with Crippen molar-refractivity contribution in [2.75, 3.05) is 26.2 Å². The number of likely N-dealkylation sites (tertiary alicyclic amines) is 1. The number of nitrogens with zero attached hydrogens (tertiary/aromatic N) is 1. The lowest BCUT2D eigenvalue weighted by Crippen LogP contribution is -2.55. The minimum atomic E-state index is -0.00914. The summed E-state index contributed by atoms with van der Waals surface area (Å²) in [5.74, 6) is 1.08. The maximum Gasteiger partial charge on any atom is 0.127 e. The van der Waals surface area contributed by atoms with Crippen molar-refractivity contribution in [3.63, 3.8) is 0 Å². The van der Waals surface area contributed by atoms with E-state index < -0.39 is 0 Å². The van der Waals surface area contributed by atoms with Gasteiger partial charge in [0, 0.05) is 18.5 Å². The lowest BCUT2D eigenvalue weighted by atomic mass is 9.80. The van der Waals surface area contributed by atoms with Gasteiger partial charge in [-0.15, -0.1) is 0 Å². The van der Waals surface area contributed by atoms with E-state index >= 15 is 0 Å². The summed E-state index contributed by atoms with van der Waals surface area (Å²) in [6.07, 6.45) is 4.96. The highest BCUT2D eigenvalue weighted by molar-refractivity contribution is 5.49. The van der Waals surface area contributed by atoms with E-state index in [4.69, 9.17) is 10.5 Å². The molecule has 2 aliphatic rings. The Kier molecular flexibility index (Phi) is 3.74. The fraction of sp³-hybridized carbons (Fsp3) is 0.647. The van der Waals surface area contributed by atoms with Crippen LogP contribution in [0.3, 0.4) is 0 Å². The van der Waals surface area contributed by atoms with Gasteiger partial charge in [0.2, 0.25) is 0 Å². The summed E-state index contributed by atoms with van der Waals surface area (Å²) >= 11 is 0. The molecule has 3 nitrogen and oxygen atoms in total. The van der Waals surface area contributed by atoms with Crippen molar-refractivity contribution >= 4 is 0 Å². The van der Waals surface area contributed by atoms with E-state index in [2.05, 4.69) is 30.9 Å². The normalized spacial score (nSPS) is 26.9. The van der Waals surface area contributed by atoms with E-state index in [9.17, 15) is 0 Å². The average Bonchev–Trinajstić information content (AvgIpc) is 2.47. The molecule has 2 aliphatic heterocycles. The van der Waals surface area contributed by atoms with Crippen LogP contribution < -0.4 is 10.5 Å². The highest BCUT2D eigenvalue weighted by Gasteiger charge is 2.42. The first-order chi connectivity index (χ1) is 9.67. The largest absolute Gasteiger partial charge is 0.493 e. The molecule has 0 aliphatic carbocycles. The maximum absolute atomic E-state index is 6.29. The third-order valence-corrected chi connectivity index (χ3v) is 4.98. The van der Waals surface area contributed by atoms with Crippen molar-refractivity contribution in [1.29, 1.82) is 0 Å². The molecule has 1 saturated heterocycles. The first-order valence-electron chi connectivity index (χ1n) is 7.87. The lowest BCUT2D eigenvalue weighted by Gasteiger charge is -2.48. The van der Waals surface area contributed by atoms with Crippen molar-refractivity contribution in [3.05, 3.63) is 28.8 Å². The molecule has 0 saturated carbocycles. The Morgan fingerprint density at radius 3 is 2.65 bits per heavy atom. The zero-order chi connectivity index (χ0) is 14.2. The third-order valence-electron chi connectivity index (χ3n) is 4.98. The molecule has 1 aromatic carbocycles. The number of aryl methyl sites for hydroxylation is 2. The second-order valence-electron chi connectivity index (χ2n) is 6.34. The summed E-state index contributed by atoms with van der Waals surface area (Å²) < 4.78 is 5.97. The SMILES string of the molecule is Cc1cc(C)c2c(c1)C(CN)(N1CCCCC1)CCO2. The molecule has 20 heavy (non-hydrogen) atoms. The van der Waals surface area contributed by atoms with Crippen LogP contribution in [-0.4, -0.2) is 31.1 Å². The molecule has 3 heteroatoms. The third kappa shape index (κ3) is 2.13. The monoisotopic (exact) mass is 274 g/mol. The fourth-order valence-electron chi connectivity index (χ4n) is 3.94. The van der Waals surface area contributed by atoms with Gasteiger partial charge in [0.25, 0.3) is 0 Å². The van der Waals surface area contributed by atoms with Gasteiger partial charge in [0.15, 0.2) is 0 Å². The van der Waals surface area contributed by atoms with Gasteiger partial charge in [-0.05, 0) is 45.3 Å². The molecule has 0 aromatic heterocycles. The van der Waals surface area contributed by atoms with Crippen LogP contribution in [-0.2, 0) is 5.54 Å². The van der Waals surface area contributed by atoms with Crippen LogP contribution in [0.15, 0.2) is 12.1 Å². The Labute approximate surface area is 122 Å². The molecule has 3 rings (SSSR count). The lowest BCUT2D eigenvalue weighted by molar-refractivity contribution is 0.0329. The Morgan fingerprint density at radius 1 is 1.20 bits per heavy atom. The zero-order valence-corrected chi connectivity index (χ0v) is 12.7. The van der Waals surface area contributed by atoms with Crippen LogP contribution in [0.4, 0.5) is 0 Å². The van der Waals surface area contributed by atoms with Crippen LogP contribution >= 0.6 is 0 Å². The minimum Gasteiger partial charge on any atom is -0.493 e. The standard InChI is InChI=1S/C17H26N2O/c1-13-10-14(2)16-15(11-13)17(12-18,6-9-20-16)19-7-4-3-5-8-19/h10-11H,3-9,12,18H2,1-2H3. The summed E-state index contributed by atoms with van der Waals surface area (Å²) in [5.41, 5.74) is 10.2. The molecule has 1 fully saturated rings. The molecular weight excluding hydrogens is 248 g/mol. The van der Waals surface area contributed by atoms with Crippen LogP contribution in [0, 0.1) is 13.8 Å². The molecule has 1 atom stereocenters. The zero-order valence-electron chi connectivity index (χ0n) is 12.7. The molecule has 0 spiro atoms. The molecule has 2 N–H and O–H groups in total. The number of benzene rings is 1. The average molecular weight is 274 g/mol. The Morgan fingerprint density at radius 2 is 1.95 bits per heavy atom. The van der Waals surface area contributed by atoms with Gasteiger partial charge >= 0.3 is 0 Å². The second kappa shape index (κ2) is 5.38. The highest BCUT2D eigenvalue weighted by atomic mass is 16.5. The second-order valence-corrected chi connectivity index (χ2v) is 6.34. The molecule has 0 radical (unpaired) electrons. The number of hydrogen-bond acceptors (Lipinski definition) is 3. The summed E-state index contributed by atoms with van der Waals surface area (Å²) in [6.45, 7) is 8.12. The first kappa shape index (κ1) is 13.9. The van der Waals surface area contributed by atoms with E-state index in [1.165, 1.54) is 49.0 Å².